The monoisotopic (exact) mass is 352 g/mol. The molecule has 4 aromatic rings. The largest absolute Gasteiger partial charge is 0.475 e. The Morgan fingerprint density at radius 2 is 2.08 bits per heavy atom. The van der Waals surface area contributed by atoms with Crippen LogP contribution in [-0.2, 0) is 6.54 Å². The van der Waals surface area contributed by atoms with E-state index in [1.807, 2.05) is 0 Å². The van der Waals surface area contributed by atoms with Gasteiger partial charge in [0.2, 0.25) is 11.6 Å². The van der Waals surface area contributed by atoms with Crippen LogP contribution in [0.5, 0.6) is 0 Å². The molecule has 0 saturated carbocycles. The molecule has 10 nitrogen and oxygen atoms in total. The Morgan fingerprint density at radius 3 is 2.88 bits per heavy atom. The molecule has 26 heavy (non-hydrogen) atoms. The molecule has 3 heterocycles. The number of nitrogens with zero attached hydrogens (tertiary/aromatic N) is 5. The quantitative estimate of drug-likeness (QED) is 0.559. The Labute approximate surface area is 145 Å². The lowest BCUT2D eigenvalue weighted by atomic mass is 10.2. The lowest BCUT2D eigenvalue weighted by Gasteiger charge is -2.06. The highest BCUT2D eigenvalue weighted by molar-refractivity contribution is 5.92. The number of carboxylic acids is 1. The molecule has 0 aliphatic rings. The van der Waals surface area contributed by atoms with E-state index in [1.165, 1.54) is 12.3 Å². The zero-order valence-corrected chi connectivity index (χ0v) is 13.5. The van der Waals surface area contributed by atoms with Crippen molar-refractivity contribution in [3.8, 4) is 0 Å². The molecule has 0 atom stereocenters. The first kappa shape index (κ1) is 15.7. The minimum Gasteiger partial charge on any atom is -0.475 e. The number of hydrogen-bond donors (Lipinski definition) is 2. The minimum atomic E-state index is -1.30. The molecular weight excluding hydrogens is 340 g/mol. The molecule has 0 spiro atoms. The van der Waals surface area contributed by atoms with Crippen LogP contribution in [0.3, 0.4) is 0 Å². The molecule has 1 amide bonds. The Balaban J connectivity index is 1.57. The van der Waals surface area contributed by atoms with E-state index in [0.29, 0.717) is 17.0 Å². The number of aromatic nitrogens is 5. The van der Waals surface area contributed by atoms with E-state index < -0.39 is 11.9 Å². The number of rotatable bonds is 4. The maximum Gasteiger partial charge on any atom is 0.374 e. The summed E-state index contributed by atoms with van der Waals surface area (Å²) in [5.41, 5.74) is 2.39. The second kappa shape index (κ2) is 5.92. The fraction of sp³-hybridized carbons (Fsp3) is 0.125. The lowest BCUT2D eigenvalue weighted by molar-refractivity contribution is 0.0679. The molecule has 4 rings (SSSR count). The number of aromatic carboxylic acids is 1. The maximum atomic E-state index is 12.3. The first-order valence-corrected chi connectivity index (χ1v) is 7.60. The SMILES string of the molecule is Cc1nc2cc(CNC(=O)c3nc(C(=O)O)n4nccc4n3)ccc2o1. The minimum absolute atomic E-state index is 0.205. The van der Waals surface area contributed by atoms with Gasteiger partial charge in [0.25, 0.3) is 5.91 Å². The zero-order valence-electron chi connectivity index (χ0n) is 13.5. The molecular formula is C16H12N6O4. The number of hydrogen-bond acceptors (Lipinski definition) is 7. The number of carboxylic acid groups (broad SMARTS) is 1. The molecule has 0 radical (unpaired) electrons. The summed E-state index contributed by atoms with van der Waals surface area (Å²) in [5.74, 6) is -1.96. The second-order valence-electron chi connectivity index (χ2n) is 5.49. The van der Waals surface area contributed by atoms with Gasteiger partial charge >= 0.3 is 5.97 Å². The Morgan fingerprint density at radius 1 is 1.23 bits per heavy atom. The average molecular weight is 352 g/mol. The number of carbonyl (C=O) groups is 2. The van der Waals surface area contributed by atoms with E-state index in [2.05, 4.69) is 25.4 Å². The molecule has 0 saturated heterocycles. The first-order valence-electron chi connectivity index (χ1n) is 7.60. The maximum absolute atomic E-state index is 12.3. The third-order valence-electron chi connectivity index (χ3n) is 3.66. The van der Waals surface area contributed by atoms with E-state index in [1.54, 1.807) is 25.1 Å². The Hall–Kier alpha value is -3.82. The molecule has 1 aromatic carbocycles. The third-order valence-corrected chi connectivity index (χ3v) is 3.66. The zero-order chi connectivity index (χ0) is 18.3. The number of nitrogens with one attached hydrogen (secondary N) is 1. The van der Waals surface area contributed by atoms with Gasteiger partial charge < -0.3 is 14.8 Å². The van der Waals surface area contributed by atoms with E-state index in [-0.39, 0.29) is 23.8 Å². The van der Waals surface area contributed by atoms with Crippen LogP contribution in [0.15, 0.2) is 34.9 Å². The number of carbonyl (C=O) groups excluding carboxylic acids is 1. The summed E-state index contributed by atoms with van der Waals surface area (Å²) in [6.07, 6.45) is 1.38. The lowest BCUT2D eigenvalue weighted by Crippen LogP contribution is -2.27. The topological polar surface area (TPSA) is 136 Å². The fourth-order valence-electron chi connectivity index (χ4n) is 2.52. The Kier molecular flexibility index (Phi) is 3.57. The van der Waals surface area contributed by atoms with Gasteiger partial charge in [0.05, 0.1) is 6.20 Å². The molecule has 0 aliphatic heterocycles. The highest BCUT2D eigenvalue weighted by Crippen LogP contribution is 2.16. The molecule has 0 aliphatic carbocycles. The summed E-state index contributed by atoms with van der Waals surface area (Å²) in [6.45, 7) is 1.96. The average Bonchev–Trinajstić information content (AvgIpc) is 3.22. The first-order chi connectivity index (χ1) is 12.5. The number of benzene rings is 1. The van der Waals surface area contributed by atoms with Gasteiger partial charge in [-0.25, -0.2) is 14.8 Å². The van der Waals surface area contributed by atoms with Crippen LogP contribution < -0.4 is 5.32 Å². The van der Waals surface area contributed by atoms with Crippen molar-refractivity contribution < 1.29 is 19.1 Å². The van der Waals surface area contributed by atoms with Crippen LogP contribution in [-0.4, -0.2) is 41.5 Å². The van der Waals surface area contributed by atoms with Gasteiger partial charge in [0, 0.05) is 19.5 Å². The molecule has 3 aromatic heterocycles. The number of aryl methyl sites for hydroxylation is 1. The van der Waals surface area contributed by atoms with Gasteiger partial charge in [-0.1, -0.05) is 6.07 Å². The number of amides is 1. The number of fused-ring (bicyclic) bond motifs is 2. The predicted octanol–water partition coefficient (Wildman–Crippen LogP) is 1.20. The van der Waals surface area contributed by atoms with Crippen molar-refractivity contribution >= 4 is 28.6 Å². The third kappa shape index (κ3) is 2.73. The molecule has 0 unspecified atom stereocenters. The van der Waals surface area contributed by atoms with Gasteiger partial charge in [-0.05, 0) is 17.7 Å². The summed E-state index contributed by atoms with van der Waals surface area (Å²) in [6, 6.07) is 6.87. The normalized spacial score (nSPS) is 11.1. The Bertz CT molecular complexity index is 1160. The van der Waals surface area contributed by atoms with Crippen molar-refractivity contribution in [3.05, 3.63) is 53.6 Å². The summed E-state index contributed by atoms with van der Waals surface area (Å²) in [4.78, 5) is 35.7. The van der Waals surface area contributed by atoms with Gasteiger partial charge in [-0.15, -0.1) is 0 Å². The van der Waals surface area contributed by atoms with E-state index in [0.717, 1.165) is 10.1 Å². The summed E-state index contributed by atoms with van der Waals surface area (Å²) in [7, 11) is 0. The van der Waals surface area contributed by atoms with Crippen LogP contribution in [0.2, 0.25) is 0 Å². The molecule has 0 bridgehead atoms. The number of oxazole rings is 1. The van der Waals surface area contributed by atoms with Crippen LogP contribution in [0.4, 0.5) is 0 Å². The van der Waals surface area contributed by atoms with E-state index >= 15 is 0 Å². The van der Waals surface area contributed by atoms with Crippen LogP contribution in [0.1, 0.15) is 32.7 Å². The summed E-state index contributed by atoms with van der Waals surface area (Å²) >= 11 is 0. The molecule has 2 N–H and O–H groups in total. The highest BCUT2D eigenvalue weighted by atomic mass is 16.4. The van der Waals surface area contributed by atoms with Crippen molar-refractivity contribution in [2.24, 2.45) is 0 Å². The summed E-state index contributed by atoms with van der Waals surface area (Å²) in [5, 5.41) is 15.7. The van der Waals surface area contributed by atoms with Crippen LogP contribution in [0, 0.1) is 6.92 Å². The van der Waals surface area contributed by atoms with Gasteiger partial charge in [-0.2, -0.15) is 14.6 Å². The fourth-order valence-corrected chi connectivity index (χ4v) is 2.52. The van der Waals surface area contributed by atoms with E-state index in [9.17, 15) is 14.7 Å². The second-order valence-corrected chi connectivity index (χ2v) is 5.49. The summed E-state index contributed by atoms with van der Waals surface area (Å²) < 4.78 is 6.46. The van der Waals surface area contributed by atoms with Crippen LogP contribution >= 0.6 is 0 Å². The van der Waals surface area contributed by atoms with Crippen molar-refractivity contribution in [2.75, 3.05) is 0 Å². The van der Waals surface area contributed by atoms with Crippen LogP contribution in [0.25, 0.3) is 16.7 Å². The van der Waals surface area contributed by atoms with E-state index in [4.69, 9.17) is 4.42 Å². The van der Waals surface area contributed by atoms with Crippen molar-refractivity contribution in [1.82, 2.24) is 29.9 Å². The molecule has 10 heteroatoms. The molecule has 130 valence electrons. The van der Waals surface area contributed by atoms with Crippen molar-refractivity contribution in [2.45, 2.75) is 13.5 Å². The smallest absolute Gasteiger partial charge is 0.374 e. The predicted molar refractivity (Wildman–Crippen MR) is 87.7 cm³/mol. The standard InChI is InChI=1S/C16H12N6O4/c1-8-19-10-6-9(2-3-11(10)26-8)7-17-15(23)13-20-12-4-5-18-22(12)14(21-13)16(24)25/h2-6H,7H2,1H3,(H,17,23)(H,24,25). The van der Waals surface area contributed by atoms with Crippen molar-refractivity contribution in [1.29, 1.82) is 0 Å². The van der Waals surface area contributed by atoms with Crippen molar-refractivity contribution in [3.63, 3.8) is 0 Å². The highest BCUT2D eigenvalue weighted by Gasteiger charge is 2.18. The van der Waals surface area contributed by atoms with Gasteiger partial charge in [-0.3, -0.25) is 4.79 Å². The van der Waals surface area contributed by atoms with Gasteiger partial charge in [0.1, 0.15) is 5.52 Å². The van der Waals surface area contributed by atoms with Gasteiger partial charge in [0.15, 0.2) is 17.1 Å². The molecule has 0 fully saturated rings.